The molecule has 5 nitrogen and oxygen atoms in total. The standard InChI is InChI=1S/C16H19N3O2/c1-3-21-15-6-10(2)4-5-14(15)19-16(20)11-7-12(17)9-13(18)8-11/h4-9H,3,17-18H2,1-2H3,(H,19,20). The lowest BCUT2D eigenvalue weighted by Crippen LogP contribution is -2.13. The molecule has 2 aromatic rings. The topological polar surface area (TPSA) is 90.4 Å². The smallest absolute Gasteiger partial charge is 0.255 e. The first-order chi connectivity index (χ1) is 9.99. The fourth-order valence-corrected chi connectivity index (χ4v) is 2.01. The van der Waals surface area contributed by atoms with Crippen LogP contribution in [0.25, 0.3) is 0 Å². The molecule has 0 bridgehead atoms. The SMILES string of the molecule is CCOc1cc(C)ccc1NC(=O)c1cc(N)cc(N)c1. The van der Waals surface area contributed by atoms with Gasteiger partial charge in [-0.3, -0.25) is 4.79 Å². The van der Waals surface area contributed by atoms with Crippen molar-refractivity contribution in [1.82, 2.24) is 0 Å². The molecule has 0 atom stereocenters. The van der Waals surface area contributed by atoms with Crippen LogP contribution in [0.2, 0.25) is 0 Å². The third kappa shape index (κ3) is 3.66. The van der Waals surface area contributed by atoms with Crippen LogP contribution < -0.4 is 21.5 Å². The molecule has 1 amide bonds. The van der Waals surface area contributed by atoms with Gasteiger partial charge in [0.1, 0.15) is 5.75 Å². The Morgan fingerprint density at radius 1 is 1.14 bits per heavy atom. The molecule has 5 heteroatoms. The zero-order valence-corrected chi connectivity index (χ0v) is 12.1. The number of nitrogens with one attached hydrogen (secondary N) is 1. The molecule has 0 radical (unpaired) electrons. The van der Waals surface area contributed by atoms with Crippen molar-refractivity contribution in [3.63, 3.8) is 0 Å². The summed E-state index contributed by atoms with van der Waals surface area (Å²) >= 11 is 0. The average Bonchev–Trinajstić information content (AvgIpc) is 2.41. The zero-order chi connectivity index (χ0) is 15.4. The molecular weight excluding hydrogens is 266 g/mol. The van der Waals surface area contributed by atoms with Gasteiger partial charge >= 0.3 is 0 Å². The van der Waals surface area contributed by atoms with E-state index in [9.17, 15) is 4.79 Å². The number of carbonyl (C=O) groups is 1. The van der Waals surface area contributed by atoms with Crippen LogP contribution in [0.1, 0.15) is 22.8 Å². The van der Waals surface area contributed by atoms with E-state index >= 15 is 0 Å². The highest BCUT2D eigenvalue weighted by Gasteiger charge is 2.11. The van der Waals surface area contributed by atoms with Crippen molar-refractivity contribution in [1.29, 1.82) is 0 Å². The average molecular weight is 285 g/mol. The summed E-state index contributed by atoms with van der Waals surface area (Å²) in [4.78, 5) is 12.3. The molecule has 2 rings (SSSR count). The van der Waals surface area contributed by atoms with E-state index in [1.54, 1.807) is 18.2 Å². The van der Waals surface area contributed by atoms with E-state index in [1.165, 1.54) is 0 Å². The molecule has 21 heavy (non-hydrogen) atoms. The second kappa shape index (κ2) is 6.17. The molecule has 0 aromatic heterocycles. The van der Waals surface area contributed by atoms with Gasteiger partial charge in [0.05, 0.1) is 12.3 Å². The van der Waals surface area contributed by atoms with E-state index < -0.39 is 0 Å². The number of nitrogens with two attached hydrogens (primary N) is 2. The summed E-state index contributed by atoms with van der Waals surface area (Å²) in [6, 6.07) is 10.4. The second-order valence-corrected chi connectivity index (χ2v) is 4.78. The minimum Gasteiger partial charge on any atom is -0.492 e. The normalized spacial score (nSPS) is 10.2. The maximum absolute atomic E-state index is 12.3. The summed E-state index contributed by atoms with van der Waals surface area (Å²) in [6.45, 7) is 4.39. The van der Waals surface area contributed by atoms with Gasteiger partial charge in [0.2, 0.25) is 0 Å². The maximum atomic E-state index is 12.3. The Balaban J connectivity index is 2.26. The summed E-state index contributed by atoms with van der Waals surface area (Å²) in [5.74, 6) is 0.363. The van der Waals surface area contributed by atoms with E-state index in [0.29, 0.717) is 35.0 Å². The van der Waals surface area contributed by atoms with Crippen molar-refractivity contribution in [2.75, 3.05) is 23.4 Å². The maximum Gasteiger partial charge on any atom is 0.255 e. The van der Waals surface area contributed by atoms with Gasteiger partial charge in [-0.2, -0.15) is 0 Å². The lowest BCUT2D eigenvalue weighted by atomic mass is 10.1. The Kier molecular flexibility index (Phi) is 4.33. The summed E-state index contributed by atoms with van der Waals surface area (Å²) < 4.78 is 5.54. The first-order valence-corrected chi connectivity index (χ1v) is 6.70. The van der Waals surface area contributed by atoms with E-state index in [1.807, 2.05) is 32.0 Å². The van der Waals surface area contributed by atoms with Crippen LogP contribution in [0, 0.1) is 6.92 Å². The molecule has 0 aliphatic heterocycles. The van der Waals surface area contributed by atoms with Gasteiger partial charge in [0.25, 0.3) is 5.91 Å². The highest BCUT2D eigenvalue weighted by atomic mass is 16.5. The van der Waals surface area contributed by atoms with Gasteiger partial charge in [-0.15, -0.1) is 0 Å². The monoisotopic (exact) mass is 285 g/mol. The minimum atomic E-state index is -0.279. The molecule has 0 heterocycles. The van der Waals surface area contributed by atoms with E-state index in [0.717, 1.165) is 5.56 Å². The molecule has 5 N–H and O–H groups in total. The van der Waals surface area contributed by atoms with Gasteiger partial charge in [-0.1, -0.05) is 6.07 Å². The number of ether oxygens (including phenoxy) is 1. The Morgan fingerprint density at radius 2 is 1.81 bits per heavy atom. The molecule has 0 aliphatic carbocycles. The highest BCUT2D eigenvalue weighted by molar-refractivity contribution is 6.06. The summed E-state index contributed by atoms with van der Waals surface area (Å²) in [5.41, 5.74) is 14.4. The largest absolute Gasteiger partial charge is 0.492 e. The Labute approximate surface area is 123 Å². The fourth-order valence-electron chi connectivity index (χ4n) is 2.01. The van der Waals surface area contributed by atoms with Gasteiger partial charge < -0.3 is 21.5 Å². The Hall–Kier alpha value is -2.69. The predicted molar refractivity (Wildman–Crippen MR) is 85.6 cm³/mol. The Bertz CT molecular complexity index is 648. The van der Waals surface area contributed by atoms with Gasteiger partial charge in [-0.05, 0) is 49.7 Å². The fraction of sp³-hybridized carbons (Fsp3) is 0.188. The number of anilines is 3. The molecule has 0 fully saturated rings. The number of hydrogen-bond acceptors (Lipinski definition) is 4. The van der Waals surface area contributed by atoms with Crippen molar-refractivity contribution >= 4 is 23.0 Å². The molecule has 0 aliphatic rings. The molecule has 110 valence electrons. The van der Waals surface area contributed by atoms with Gasteiger partial charge in [-0.25, -0.2) is 0 Å². The van der Waals surface area contributed by atoms with Crippen LogP contribution in [-0.4, -0.2) is 12.5 Å². The lowest BCUT2D eigenvalue weighted by molar-refractivity contribution is 0.102. The second-order valence-electron chi connectivity index (χ2n) is 4.78. The first kappa shape index (κ1) is 14.7. The molecule has 0 saturated heterocycles. The predicted octanol–water partition coefficient (Wildman–Crippen LogP) is 2.81. The number of carbonyl (C=O) groups excluding carboxylic acids is 1. The number of rotatable bonds is 4. The quantitative estimate of drug-likeness (QED) is 0.753. The van der Waals surface area contributed by atoms with Crippen LogP contribution in [0.3, 0.4) is 0 Å². The zero-order valence-electron chi connectivity index (χ0n) is 12.1. The number of amides is 1. The number of benzene rings is 2. The number of hydrogen-bond donors (Lipinski definition) is 3. The molecule has 2 aromatic carbocycles. The van der Waals surface area contributed by atoms with Crippen molar-refractivity contribution in [2.24, 2.45) is 0 Å². The van der Waals surface area contributed by atoms with E-state index in [-0.39, 0.29) is 5.91 Å². The van der Waals surface area contributed by atoms with Crippen LogP contribution in [0.15, 0.2) is 36.4 Å². The van der Waals surface area contributed by atoms with E-state index in [2.05, 4.69) is 5.32 Å². The van der Waals surface area contributed by atoms with Crippen molar-refractivity contribution in [2.45, 2.75) is 13.8 Å². The summed E-state index contributed by atoms with van der Waals surface area (Å²) in [6.07, 6.45) is 0. The third-order valence-corrected chi connectivity index (χ3v) is 2.93. The number of nitrogen functional groups attached to an aromatic ring is 2. The highest BCUT2D eigenvalue weighted by Crippen LogP contribution is 2.26. The van der Waals surface area contributed by atoms with Crippen LogP contribution in [-0.2, 0) is 0 Å². The molecule has 0 unspecified atom stereocenters. The Morgan fingerprint density at radius 3 is 2.43 bits per heavy atom. The van der Waals surface area contributed by atoms with Crippen LogP contribution >= 0.6 is 0 Å². The van der Waals surface area contributed by atoms with Crippen LogP contribution in [0.4, 0.5) is 17.1 Å². The molecular formula is C16H19N3O2. The lowest BCUT2D eigenvalue weighted by Gasteiger charge is -2.12. The molecule has 0 saturated carbocycles. The summed E-state index contributed by atoms with van der Waals surface area (Å²) in [5, 5.41) is 2.82. The minimum absolute atomic E-state index is 0.279. The van der Waals surface area contributed by atoms with Crippen LogP contribution in [0.5, 0.6) is 5.75 Å². The van der Waals surface area contributed by atoms with Gasteiger partial charge in [0, 0.05) is 16.9 Å². The first-order valence-electron chi connectivity index (χ1n) is 6.70. The number of aryl methyl sites for hydroxylation is 1. The summed E-state index contributed by atoms with van der Waals surface area (Å²) in [7, 11) is 0. The van der Waals surface area contributed by atoms with Crippen molar-refractivity contribution < 1.29 is 9.53 Å². The van der Waals surface area contributed by atoms with Crippen molar-refractivity contribution in [3.05, 3.63) is 47.5 Å². The third-order valence-electron chi connectivity index (χ3n) is 2.93. The molecule has 0 spiro atoms. The van der Waals surface area contributed by atoms with Crippen molar-refractivity contribution in [3.8, 4) is 5.75 Å². The van der Waals surface area contributed by atoms with Gasteiger partial charge in [0.15, 0.2) is 0 Å². The van der Waals surface area contributed by atoms with E-state index in [4.69, 9.17) is 16.2 Å².